The molecule has 0 atom stereocenters. The minimum absolute atomic E-state index is 0.273. The second-order valence-electron chi connectivity index (χ2n) is 5.54. The van der Waals surface area contributed by atoms with Gasteiger partial charge in [0, 0.05) is 44.0 Å². The van der Waals surface area contributed by atoms with E-state index in [1.54, 1.807) is 0 Å². The van der Waals surface area contributed by atoms with Crippen LogP contribution in [0.1, 0.15) is 24.0 Å². The lowest BCUT2D eigenvalue weighted by Gasteiger charge is -2.39. The molecule has 1 aromatic heterocycles. The first kappa shape index (κ1) is 12.3. The molecule has 3 rings (SSSR count). The minimum atomic E-state index is -0.275. The molecule has 1 spiro atoms. The van der Waals surface area contributed by atoms with E-state index in [0.29, 0.717) is 6.54 Å². The SMILES string of the molecule is Cc1cncc(C)c1N1CCC2(CC1)CNC(=O)O2. The highest BCUT2D eigenvalue weighted by molar-refractivity contribution is 5.70. The van der Waals surface area contributed by atoms with Gasteiger partial charge in [0.2, 0.25) is 0 Å². The molecule has 19 heavy (non-hydrogen) atoms. The lowest BCUT2D eigenvalue weighted by atomic mass is 9.91. The van der Waals surface area contributed by atoms with Crippen LogP contribution in [0.15, 0.2) is 12.4 Å². The van der Waals surface area contributed by atoms with Crippen LogP contribution >= 0.6 is 0 Å². The molecule has 2 saturated heterocycles. The van der Waals surface area contributed by atoms with Crippen molar-refractivity contribution in [3.63, 3.8) is 0 Å². The van der Waals surface area contributed by atoms with Crippen LogP contribution in [0, 0.1) is 13.8 Å². The van der Waals surface area contributed by atoms with Gasteiger partial charge in [-0.15, -0.1) is 0 Å². The maximum Gasteiger partial charge on any atom is 0.407 e. The number of ether oxygens (including phenoxy) is 1. The first-order valence-electron chi connectivity index (χ1n) is 6.73. The minimum Gasteiger partial charge on any atom is -0.441 e. The van der Waals surface area contributed by atoms with Gasteiger partial charge in [-0.1, -0.05) is 0 Å². The van der Waals surface area contributed by atoms with E-state index in [0.717, 1.165) is 25.9 Å². The fraction of sp³-hybridized carbons (Fsp3) is 0.571. The molecule has 2 fully saturated rings. The first-order chi connectivity index (χ1) is 9.10. The van der Waals surface area contributed by atoms with Crippen molar-refractivity contribution in [3.8, 4) is 0 Å². The molecule has 0 aliphatic carbocycles. The monoisotopic (exact) mass is 261 g/mol. The zero-order chi connectivity index (χ0) is 13.5. The van der Waals surface area contributed by atoms with Crippen LogP contribution < -0.4 is 10.2 Å². The second kappa shape index (κ2) is 4.40. The maximum atomic E-state index is 11.2. The topological polar surface area (TPSA) is 54.5 Å². The van der Waals surface area contributed by atoms with Crippen molar-refractivity contribution >= 4 is 11.8 Å². The molecule has 1 aromatic rings. The fourth-order valence-electron chi connectivity index (χ4n) is 3.11. The molecular weight excluding hydrogens is 242 g/mol. The van der Waals surface area contributed by atoms with Crippen molar-refractivity contribution in [2.24, 2.45) is 0 Å². The molecule has 2 aliphatic rings. The number of carbonyl (C=O) groups is 1. The van der Waals surface area contributed by atoms with E-state index in [2.05, 4.69) is 29.0 Å². The van der Waals surface area contributed by atoms with E-state index in [9.17, 15) is 4.79 Å². The predicted octanol–water partition coefficient (Wildman–Crippen LogP) is 1.78. The van der Waals surface area contributed by atoms with Gasteiger partial charge < -0.3 is 15.0 Å². The van der Waals surface area contributed by atoms with Crippen molar-refractivity contribution in [2.45, 2.75) is 32.3 Å². The normalized spacial score (nSPS) is 21.4. The van der Waals surface area contributed by atoms with Crippen molar-refractivity contribution in [1.82, 2.24) is 10.3 Å². The third-order valence-corrected chi connectivity index (χ3v) is 4.14. The van der Waals surface area contributed by atoms with E-state index in [1.807, 2.05) is 12.4 Å². The summed E-state index contributed by atoms with van der Waals surface area (Å²) in [6, 6.07) is 0. The third kappa shape index (κ3) is 2.13. The number of nitrogens with one attached hydrogen (secondary N) is 1. The van der Waals surface area contributed by atoms with E-state index in [1.165, 1.54) is 16.8 Å². The Morgan fingerprint density at radius 3 is 2.42 bits per heavy atom. The van der Waals surface area contributed by atoms with Crippen LogP contribution in [0.2, 0.25) is 0 Å². The second-order valence-corrected chi connectivity index (χ2v) is 5.54. The number of hydrogen-bond acceptors (Lipinski definition) is 4. The number of anilines is 1. The van der Waals surface area contributed by atoms with Crippen LogP contribution in [-0.2, 0) is 4.74 Å². The van der Waals surface area contributed by atoms with Gasteiger partial charge in [-0.25, -0.2) is 4.79 Å². The molecule has 2 aliphatic heterocycles. The van der Waals surface area contributed by atoms with Crippen LogP contribution in [-0.4, -0.2) is 36.3 Å². The Bertz CT molecular complexity index is 487. The Hall–Kier alpha value is -1.78. The number of carbonyl (C=O) groups excluding carboxylic acids is 1. The largest absolute Gasteiger partial charge is 0.441 e. The molecule has 1 amide bonds. The van der Waals surface area contributed by atoms with Crippen molar-refractivity contribution < 1.29 is 9.53 Å². The van der Waals surface area contributed by atoms with Crippen LogP contribution in [0.5, 0.6) is 0 Å². The van der Waals surface area contributed by atoms with Crippen molar-refractivity contribution in [1.29, 1.82) is 0 Å². The van der Waals surface area contributed by atoms with Crippen molar-refractivity contribution in [3.05, 3.63) is 23.5 Å². The number of aromatic nitrogens is 1. The lowest BCUT2D eigenvalue weighted by molar-refractivity contribution is 0.0366. The standard InChI is InChI=1S/C14H19N3O2/c1-10-7-15-8-11(2)12(10)17-5-3-14(4-6-17)9-16-13(18)19-14/h7-8H,3-6,9H2,1-2H3,(H,16,18). The average Bonchev–Trinajstić information content (AvgIpc) is 2.73. The highest BCUT2D eigenvalue weighted by atomic mass is 16.6. The van der Waals surface area contributed by atoms with Gasteiger partial charge in [0.15, 0.2) is 0 Å². The number of hydrogen-bond donors (Lipinski definition) is 1. The Morgan fingerprint density at radius 1 is 1.26 bits per heavy atom. The molecule has 0 bridgehead atoms. The predicted molar refractivity (Wildman–Crippen MR) is 72.4 cm³/mol. The average molecular weight is 261 g/mol. The summed E-state index contributed by atoms with van der Waals surface area (Å²) in [7, 11) is 0. The molecule has 0 saturated carbocycles. The van der Waals surface area contributed by atoms with Crippen LogP contribution in [0.3, 0.4) is 0 Å². The van der Waals surface area contributed by atoms with Crippen LogP contribution in [0.4, 0.5) is 10.5 Å². The van der Waals surface area contributed by atoms with Gasteiger partial charge in [0.25, 0.3) is 0 Å². The number of alkyl carbamates (subject to hydrolysis) is 1. The molecule has 0 aromatic carbocycles. The summed E-state index contributed by atoms with van der Waals surface area (Å²) in [6.07, 6.45) is 5.30. The maximum absolute atomic E-state index is 11.2. The number of aryl methyl sites for hydroxylation is 2. The zero-order valence-corrected chi connectivity index (χ0v) is 11.4. The van der Waals surface area contributed by atoms with E-state index < -0.39 is 0 Å². The number of pyridine rings is 1. The van der Waals surface area contributed by atoms with E-state index in [4.69, 9.17) is 4.74 Å². The summed E-state index contributed by atoms with van der Waals surface area (Å²) < 4.78 is 5.45. The Kier molecular flexibility index (Phi) is 2.84. The van der Waals surface area contributed by atoms with E-state index >= 15 is 0 Å². The van der Waals surface area contributed by atoms with E-state index in [-0.39, 0.29) is 11.7 Å². The smallest absolute Gasteiger partial charge is 0.407 e. The van der Waals surface area contributed by atoms with Gasteiger partial charge in [-0.3, -0.25) is 4.98 Å². The molecule has 102 valence electrons. The Morgan fingerprint density at radius 2 is 1.89 bits per heavy atom. The highest BCUT2D eigenvalue weighted by Crippen LogP contribution is 2.33. The van der Waals surface area contributed by atoms with Gasteiger partial charge in [-0.05, 0) is 25.0 Å². The summed E-state index contributed by atoms with van der Waals surface area (Å²) in [6.45, 7) is 6.67. The summed E-state index contributed by atoms with van der Waals surface area (Å²) in [5, 5.41) is 2.77. The molecule has 3 heterocycles. The number of rotatable bonds is 1. The molecule has 5 heteroatoms. The van der Waals surface area contributed by atoms with Gasteiger partial charge >= 0.3 is 6.09 Å². The summed E-state index contributed by atoms with van der Waals surface area (Å²) >= 11 is 0. The molecule has 0 radical (unpaired) electrons. The van der Waals surface area contributed by atoms with Crippen molar-refractivity contribution in [2.75, 3.05) is 24.5 Å². The molecule has 1 N–H and O–H groups in total. The fourth-order valence-corrected chi connectivity index (χ4v) is 3.11. The van der Waals surface area contributed by atoms with Gasteiger partial charge in [0.1, 0.15) is 5.60 Å². The highest BCUT2D eigenvalue weighted by Gasteiger charge is 2.43. The number of nitrogens with zero attached hydrogens (tertiary/aromatic N) is 2. The molecule has 0 unspecified atom stereocenters. The van der Waals surface area contributed by atoms with Crippen LogP contribution in [0.25, 0.3) is 0 Å². The summed E-state index contributed by atoms with van der Waals surface area (Å²) in [4.78, 5) is 17.8. The molecular formula is C14H19N3O2. The lowest BCUT2D eigenvalue weighted by Crippen LogP contribution is -2.47. The number of amides is 1. The Balaban J connectivity index is 1.75. The number of piperidine rings is 1. The first-order valence-corrected chi connectivity index (χ1v) is 6.73. The third-order valence-electron chi connectivity index (χ3n) is 4.14. The summed E-state index contributed by atoms with van der Waals surface area (Å²) in [5.74, 6) is 0. The quantitative estimate of drug-likeness (QED) is 0.837. The van der Waals surface area contributed by atoms with Gasteiger partial charge in [0.05, 0.1) is 6.54 Å². The zero-order valence-electron chi connectivity index (χ0n) is 11.4. The van der Waals surface area contributed by atoms with Gasteiger partial charge in [-0.2, -0.15) is 0 Å². The molecule has 5 nitrogen and oxygen atoms in total. The Labute approximate surface area is 113 Å². The summed E-state index contributed by atoms with van der Waals surface area (Å²) in [5.41, 5.74) is 3.42.